The van der Waals surface area contributed by atoms with Crippen LogP contribution in [0.5, 0.6) is 0 Å². The van der Waals surface area contributed by atoms with Crippen LogP contribution in [0.15, 0.2) is 11.2 Å². The number of aromatic nitrogens is 1. The topological polar surface area (TPSA) is 78.9 Å². The Morgan fingerprint density at radius 3 is 2.63 bits per heavy atom. The summed E-state index contributed by atoms with van der Waals surface area (Å²) in [5.74, 6) is 0.736. The van der Waals surface area contributed by atoms with E-state index in [1.165, 1.54) is 4.88 Å². The van der Waals surface area contributed by atoms with Crippen LogP contribution in [0.2, 0.25) is 0 Å². The average Bonchev–Trinajstić information content (AvgIpc) is 3.28. The smallest absolute Gasteiger partial charge is 0.410 e. The molecule has 1 aliphatic rings. The molecule has 1 amide bonds. The van der Waals surface area contributed by atoms with Gasteiger partial charge in [0.1, 0.15) is 10.6 Å². The lowest BCUT2D eigenvalue weighted by molar-refractivity contribution is 0.0238. The first-order valence-electron chi connectivity index (χ1n) is 9.21. The van der Waals surface area contributed by atoms with E-state index >= 15 is 0 Å². The molecule has 0 atom stereocenters. The van der Waals surface area contributed by atoms with Crippen LogP contribution in [0.1, 0.15) is 50.4 Å². The molecule has 1 saturated carbocycles. The third-order valence-electron chi connectivity index (χ3n) is 3.65. The van der Waals surface area contributed by atoms with Gasteiger partial charge in [-0.05, 0) is 47.5 Å². The molecule has 27 heavy (non-hydrogen) atoms. The summed E-state index contributed by atoms with van der Waals surface area (Å²) in [5.41, 5.74) is -0.472. The zero-order valence-corrected chi connectivity index (χ0v) is 20.0. The number of guanidine groups is 1. The molecule has 1 aromatic heterocycles. The van der Waals surface area contributed by atoms with Crippen LogP contribution < -0.4 is 10.6 Å². The number of aliphatic imine (C=N–C) groups is 1. The zero-order chi connectivity index (χ0) is 19.2. The molecule has 1 aromatic rings. The minimum Gasteiger partial charge on any atom is -0.444 e. The van der Waals surface area contributed by atoms with Crippen LogP contribution >= 0.6 is 35.3 Å². The number of carbonyl (C=O) groups is 1. The Morgan fingerprint density at radius 1 is 1.41 bits per heavy atom. The minimum absolute atomic E-state index is 0. The minimum atomic E-state index is -0.472. The predicted molar refractivity (Wildman–Crippen MR) is 121 cm³/mol. The fraction of sp³-hybridized carbons (Fsp3) is 0.722. The first-order valence-corrected chi connectivity index (χ1v) is 10.0. The number of carbonyl (C=O) groups excluding carboxylic acids is 1. The van der Waals surface area contributed by atoms with Gasteiger partial charge in [-0.15, -0.1) is 35.3 Å². The normalized spacial score (nSPS) is 14.3. The van der Waals surface area contributed by atoms with Gasteiger partial charge in [0.2, 0.25) is 0 Å². The molecule has 9 heteroatoms. The Balaban J connectivity index is 0.00000364. The van der Waals surface area contributed by atoms with Crippen LogP contribution in [0, 0.1) is 6.92 Å². The van der Waals surface area contributed by atoms with Crippen molar-refractivity contribution in [3.8, 4) is 0 Å². The van der Waals surface area contributed by atoms with E-state index in [0.717, 1.165) is 30.4 Å². The third-order valence-corrected chi connectivity index (χ3v) is 4.54. The second kappa shape index (κ2) is 11.0. The molecule has 154 valence electrons. The van der Waals surface area contributed by atoms with Gasteiger partial charge in [-0.25, -0.2) is 14.8 Å². The van der Waals surface area contributed by atoms with Crippen LogP contribution in [0.3, 0.4) is 0 Å². The van der Waals surface area contributed by atoms with Crippen molar-refractivity contribution < 1.29 is 9.53 Å². The van der Waals surface area contributed by atoms with Gasteiger partial charge in [0.25, 0.3) is 0 Å². The monoisotopic (exact) mass is 509 g/mol. The summed E-state index contributed by atoms with van der Waals surface area (Å²) in [5, 5.41) is 7.52. The van der Waals surface area contributed by atoms with Crippen LogP contribution in [0.4, 0.5) is 4.79 Å². The fourth-order valence-electron chi connectivity index (χ4n) is 2.39. The van der Waals surface area contributed by atoms with Gasteiger partial charge in [-0.3, -0.25) is 0 Å². The maximum absolute atomic E-state index is 12.4. The lowest BCUT2D eigenvalue weighted by Crippen LogP contribution is -2.45. The second-order valence-corrected chi connectivity index (χ2v) is 8.71. The number of hydrogen-bond acceptors (Lipinski definition) is 5. The number of amides is 1. The van der Waals surface area contributed by atoms with E-state index in [9.17, 15) is 4.79 Å². The van der Waals surface area contributed by atoms with Crippen molar-refractivity contribution in [2.24, 2.45) is 4.99 Å². The summed E-state index contributed by atoms with van der Waals surface area (Å²) in [7, 11) is 0. The zero-order valence-electron chi connectivity index (χ0n) is 16.9. The van der Waals surface area contributed by atoms with Crippen LogP contribution in [-0.4, -0.2) is 53.2 Å². The van der Waals surface area contributed by atoms with Gasteiger partial charge in [-0.1, -0.05) is 0 Å². The predicted octanol–water partition coefficient (Wildman–Crippen LogP) is 3.52. The Morgan fingerprint density at radius 2 is 2.11 bits per heavy atom. The van der Waals surface area contributed by atoms with Crippen molar-refractivity contribution in [1.29, 1.82) is 0 Å². The van der Waals surface area contributed by atoms with Gasteiger partial charge < -0.3 is 20.3 Å². The number of hydrogen-bond donors (Lipinski definition) is 2. The summed E-state index contributed by atoms with van der Waals surface area (Å²) in [6, 6.07) is 0.310. The van der Waals surface area contributed by atoms with E-state index in [1.54, 1.807) is 11.3 Å². The van der Waals surface area contributed by atoms with Gasteiger partial charge in [0.05, 0.1) is 6.54 Å². The molecular weight excluding hydrogens is 477 g/mol. The molecule has 0 radical (unpaired) electrons. The highest BCUT2D eigenvalue weighted by atomic mass is 127. The second-order valence-electron chi connectivity index (χ2n) is 7.39. The number of halogens is 1. The van der Waals surface area contributed by atoms with Crippen molar-refractivity contribution >= 4 is 47.4 Å². The summed E-state index contributed by atoms with van der Waals surface area (Å²) in [6.45, 7) is 12.3. The quantitative estimate of drug-likeness (QED) is 0.334. The molecule has 2 rings (SSSR count). The number of nitrogens with zero attached hydrogens (tertiary/aromatic N) is 3. The van der Waals surface area contributed by atoms with E-state index in [1.807, 2.05) is 45.7 Å². The molecule has 1 heterocycles. The number of aryl methyl sites for hydroxylation is 1. The molecule has 7 nitrogen and oxygen atoms in total. The first kappa shape index (κ1) is 23.9. The lowest BCUT2D eigenvalue weighted by Gasteiger charge is -2.27. The Kier molecular flexibility index (Phi) is 9.78. The number of thiazole rings is 1. The van der Waals surface area contributed by atoms with E-state index in [2.05, 4.69) is 20.6 Å². The molecule has 0 aliphatic heterocycles. The van der Waals surface area contributed by atoms with Crippen molar-refractivity contribution in [2.45, 2.75) is 65.6 Å². The highest BCUT2D eigenvalue weighted by Gasteiger charge is 2.34. The maximum atomic E-state index is 12.4. The Hall–Kier alpha value is -1.10. The van der Waals surface area contributed by atoms with E-state index < -0.39 is 5.60 Å². The molecule has 1 fully saturated rings. The standard InChI is InChI=1S/C18H31N5O2S.HI/c1-6-19-16(22-12-15-21-11-13(2)26-15)20-9-10-23(14-7-8-14)17(24)25-18(3,4)5;/h11,14H,6-10,12H2,1-5H3,(H2,19,20,22);1H. The van der Waals surface area contributed by atoms with Crippen LogP contribution in [0.25, 0.3) is 0 Å². The number of nitrogens with one attached hydrogen (secondary N) is 2. The summed E-state index contributed by atoms with van der Waals surface area (Å²) in [6.07, 6.45) is 3.74. The number of rotatable bonds is 7. The lowest BCUT2D eigenvalue weighted by atomic mass is 10.2. The summed E-state index contributed by atoms with van der Waals surface area (Å²) in [4.78, 5) is 24.3. The highest BCUT2D eigenvalue weighted by Crippen LogP contribution is 2.28. The van der Waals surface area contributed by atoms with Gasteiger partial charge in [0, 0.05) is 36.8 Å². The van der Waals surface area contributed by atoms with E-state index in [4.69, 9.17) is 4.74 Å². The first-order chi connectivity index (χ1) is 12.3. The summed E-state index contributed by atoms with van der Waals surface area (Å²) >= 11 is 1.65. The Labute approximate surface area is 183 Å². The molecule has 0 bridgehead atoms. The Bertz CT molecular complexity index is 626. The van der Waals surface area contributed by atoms with E-state index in [0.29, 0.717) is 25.7 Å². The molecule has 0 unspecified atom stereocenters. The maximum Gasteiger partial charge on any atom is 0.410 e. The van der Waals surface area contributed by atoms with Gasteiger partial charge in [0.15, 0.2) is 5.96 Å². The van der Waals surface area contributed by atoms with Crippen molar-refractivity contribution in [1.82, 2.24) is 20.5 Å². The number of ether oxygens (including phenoxy) is 1. The molecule has 0 spiro atoms. The molecule has 1 aliphatic carbocycles. The van der Waals surface area contributed by atoms with Crippen molar-refractivity contribution in [3.63, 3.8) is 0 Å². The largest absolute Gasteiger partial charge is 0.444 e. The molecule has 0 saturated heterocycles. The third kappa shape index (κ3) is 9.09. The van der Waals surface area contributed by atoms with Crippen molar-refractivity contribution in [3.05, 3.63) is 16.1 Å². The molecule has 2 N–H and O–H groups in total. The highest BCUT2D eigenvalue weighted by molar-refractivity contribution is 14.0. The molecule has 0 aromatic carbocycles. The SMILES string of the molecule is CCNC(=NCc1ncc(C)s1)NCCN(C(=O)OC(C)(C)C)C1CC1.I. The fourth-order valence-corrected chi connectivity index (χ4v) is 3.10. The summed E-state index contributed by atoms with van der Waals surface area (Å²) < 4.78 is 5.52. The van der Waals surface area contributed by atoms with Gasteiger partial charge in [-0.2, -0.15) is 0 Å². The van der Waals surface area contributed by atoms with Gasteiger partial charge >= 0.3 is 6.09 Å². The average molecular weight is 509 g/mol. The van der Waals surface area contributed by atoms with Crippen molar-refractivity contribution in [2.75, 3.05) is 19.6 Å². The van der Waals surface area contributed by atoms with E-state index in [-0.39, 0.29) is 30.1 Å². The van der Waals surface area contributed by atoms with Crippen LogP contribution in [-0.2, 0) is 11.3 Å². The molecular formula is C18H32IN5O2S.